The molecule has 0 bridgehead atoms. The maximum absolute atomic E-state index is 5.21. The minimum atomic E-state index is 0.704. The van der Waals surface area contributed by atoms with Gasteiger partial charge in [0, 0.05) is 62.7 Å². The summed E-state index contributed by atoms with van der Waals surface area (Å²) in [5.41, 5.74) is 12.8. The maximum atomic E-state index is 5.21. The van der Waals surface area contributed by atoms with Crippen LogP contribution in [-0.4, -0.2) is 24.1 Å². The highest BCUT2D eigenvalue weighted by molar-refractivity contribution is 6.10. The molecule has 0 atom stereocenters. The van der Waals surface area contributed by atoms with Crippen LogP contribution in [0, 0.1) is 0 Å². The molecular weight excluding hydrogens is 611 g/mol. The van der Waals surface area contributed by atoms with Crippen molar-refractivity contribution in [3.8, 4) is 34.2 Å². The van der Waals surface area contributed by atoms with Gasteiger partial charge in [-0.2, -0.15) is 0 Å². The molecule has 0 fully saturated rings. The van der Waals surface area contributed by atoms with Crippen molar-refractivity contribution in [1.82, 2.24) is 24.1 Å². The summed E-state index contributed by atoms with van der Waals surface area (Å²) in [7, 11) is 0. The lowest BCUT2D eigenvalue weighted by atomic mass is 9.91. The molecule has 5 nitrogen and oxygen atoms in total. The van der Waals surface area contributed by atoms with Crippen LogP contribution in [0.1, 0.15) is 23.2 Å². The van der Waals surface area contributed by atoms with E-state index < -0.39 is 0 Å². The monoisotopic (exact) mass is 641 g/mol. The van der Waals surface area contributed by atoms with Gasteiger partial charge < -0.3 is 4.57 Å². The minimum absolute atomic E-state index is 0.704. The van der Waals surface area contributed by atoms with Crippen molar-refractivity contribution < 1.29 is 0 Å². The van der Waals surface area contributed by atoms with Gasteiger partial charge in [0.05, 0.1) is 22.2 Å². The molecule has 0 spiro atoms. The fourth-order valence-electron chi connectivity index (χ4n) is 7.68. The quantitative estimate of drug-likeness (QED) is 0.188. The molecule has 10 rings (SSSR count). The highest BCUT2D eigenvalue weighted by Crippen LogP contribution is 2.41. The molecule has 0 radical (unpaired) electrons. The van der Waals surface area contributed by atoms with Crippen molar-refractivity contribution in [2.75, 3.05) is 0 Å². The third kappa shape index (κ3) is 4.59. The number of benzene rings is 5. The van der Waals surface area contributed by atoms with E-state index in [2.05, 4.69) is 135 Å². The van der Waals surface area contributed by atoms with Crippen molar-refractivity contribution in [3.63, 3.8) is 0 Å². The first kappa shape index (κ1) is 28.4. The maximum Gasteiger partial charge on any atom is 0.162 e. The van der Waals surface area contributed by atoms with Gasteiger partial charge in [-0.3, -0.25) is 9.55 Å². The van der Waals surface area contributed by atoms with E-state index in [1.165, 1.54) is 55.3 Å². The van der Waals surface area contributed by atoms with Crippen LogP contribution in [0.4, 0.5) is 0 Å². The molecule has 4 aromatic heterocycles. The van der Waals surface area contributed by atoms with E-state index in [0.717, 1.165) is 41.0 Å². The number of pyridine rings is 1. The van der Waals surface area contributed by atoms with Gasteiger partial charge in [0.15, 0.2) is 5.82 Å². The lowest BCUT2D eigenvalue weighted by molar-refractivity contribution is 0.876. The summed E-state index contributed by atoms with van der Waals surface area (Å²) in [5.74, 6) is 1.57. The number of hydrogen-bond donors (Lipinski definition) is 0. The zero-order chi connectivity index (χ0) is 33.0. The molecule has 1 aliphatic rings. The molecule has 5 aromatic carbocycles. The molecule has 0 saturated heterocycles. The number of allylic oxidation sites excluding steroid dienone is 1. The van der Waals surface area contributed by atoms with Crippen LogP contribution in [0.5, 0.6) is 0 Å². The average molecular weight is 642 g/mol. The van der Waals surface area contributed by atoms with Crippen molar-refractivity contribution in [2.24, 2.45) is 0 Å². The van der Waals surface area contributed by atoms with E-state index >= 15 is 0 Å². The smallest absolute Gasteiger partial charge is 0.162 e. The largest absolute Gasteiger partial charge is 0.309 e. The van der Waals surface area contributed by atoms with E-state index in [1.54, 1.807) is 0 Å². The summed E-state index contributed by atoms with van der Waals surface area (Å²) >= 11 is 0. The van der Waals surface area contributed by atoms with Gasteiger partial charge in [-0.05, 0) is 72.5 Å². The highest BCUT2D eigenvalue weighted by Gasteiger charge is 2.24. The van der Waals surface area contributed by atoms with Gasteiger partial charge in [-0.15, -0.1) is 0 Å². The Bertz CT molecular complexity index is 2680. The second-order valence-corrected chi connectivity index (χ2v) is 12.8. The van der Waals surface area contributed by atoms with Crippen molar-refractivity contribution in [3.05, 3.63) is 175 Å². The normalized spacial score (nSPS) is 12.8. The first-order valence-electron chi connectivity index (χ1n) is 17.1. The average Bonchev–Trinajstić information content (AvgIpc) is 3.71. The lowest BCUT2D eigenvalue weighted by Gasteiger charge is -2.18. The fraction of sp³-hybridized carbons (Fsp3) is 0.0444. The molecule has 1 aliphatic carbocycles. The standard InChI is InChI=1S/C45H31N5/c1-3-11-31(12-4-1)45-47-39(30-23-25-46-26-24-30)29-44(48-45)50-41-18-10-8-16-36(41)38-27-32(20-22-42(38)50)33-19-21-37-35-15-7-9-17-40(35)49(43(37)28-33)34-13-5-2-6-14-34/h1-19,21,23-29H,20,22H2. The summed E-state index contributed by atoms with van der Waals surface area (Å²) in [6, 6.07) is 51.5. The van der Waals surface area contributed by atoms with Crippen LogP contribution in [0.3, 0.4) is 0 Å². The van der Waals surface area contributed by atoms with Crippen LogP contribution in [-0.2, 0) is 6.42 Å². The Morgan fingerprint density at radius 2 is 1.16 bits per heavy atom. The van der Waals surface area contributed by atoms with E-state index in [0.29, 0.717) is 5.82 Å². The topological polar surface area (TPSA) is 48.5 Å². The van der Waals surface area contributed by atoms with Crippen molar-refractivity contribution >= 4 is 44.4 Å². The SMILES string of the molecule is C1=C(c2ccc3c4ccccc4n(-c4ccccc4)c3c2)CCc2c1c1ccccc1n2-c1cc(-c2ccncc2)nc(-c2ccccc2)n1. The Hall–Kier alpha value is -6.59. The third-order valence-corrected chi connectivity index (χ3v) is 9.97. The van der Waals surface area contributed by atoms with Crippen molar-refractivity contribution in [1.29, 1.82) is 0 Å². The third-order valence-electron chi connectivity index (χ3n) is 9.97. The number of para-hydroxylation sites is 3. The number of nitrogens with zero attached hydrogens (tertiary/aromatic N) is 5. The fourth-order valence-corrected chi connectivity index (χ4v) is 7.68. The molecule has 0 aliphatic heterocycles. The van der Waals surface area contributed by atoms with Crippen LogP contribution in [0.15, 0.2) is 158 Å². The summed E-state index contributed by atoms with van der Waals surface area (Å²) in [4.78, 5) is 14.5. The van der Waals surface area contributed by atoms with Crippen molar-refractivity contribution in [2.45, 2.75) is 12.8 Å². The summed E-state index contributed by atoms with van der Waals surface area (Å²) in [5, 5.41) is 3.76. The molecule has 5 heteroatoms. The molecular formula is C45H31N5. The number of rotatable bonds is 5. The van der Waals surface area contributed by atoms with Gasteiger partial charge >= 0.3 is 0 Å². The van der Waals surface area contributed by atoms with Crippen LogP contribution >= 0.6 is 0 Å². The number of hydrogen-bond acceptors (Lipinski definition) is 3. The Morgan fingerprint density at radius 3 is 1.96 bits per heavy atom. The predicted molar refractivity (Wildman–Crippen MR) is 205 cm³/mol. The number of aromatic nitrogens is 5. The van der Waals surface area contributed by atoms with Gasteiger partial charge in [-0.1, -0.05) is 97.1 Å². The first-order valence-corrected chi connectivity index (χ1v) is 17.1. The van der Waals surface area contributed by atoms with E-state index in [-0.39, 0.29) is 0 Å². The minimum Gasteiger partial charge on any atom is -0.309 e. The number of fused-ring (bicyclic) bond motifs is 6. The van der Waals surface area contributed by atoms with Gasteiger partial charge in [-0.25, -0.2) is 9.97 Å². The zero-order valence-corrected chi connectivity index (χ0v) is 27.2. The van der Waals surface area contributed by atoms with E-state index in [4.69, 9.17) is 9.97 Å². The second kappa shape index (κ2) is 11.5. The summed E-state index contributed by atoms with van der Waals surface area (Å²) in [6.07, 6.45) is 7.86. The Labute approximate surface area is 289 Å². The predicted octanol–water partition coefficient (Wildman–Crippen LogP) is 10.7. The molecule has 236 valence electrons. The molecule has 0 unspecified atom stereocenters. The first-order chi connectivity index (χ1) is 24.8. The molecule has 9 aromatic rings. The van der Waals surface area contributed by atoms with Gasteiger partial charge in [0.2, 0.25) is 0 Å². The highest BCUT2D eigenvalue weighted by atomic mass is 15.1. The van der Waals surface area contributed by atoms with Crippen LogP contribution in [0.25, 0.3) is 78.5 Å². The lowest BCUT2D eigenvalue weighted by Crippen LogP contribution is -2.08. The molecule has 0 amide bonds. The van der Waals surface area contributed by atoms with Gasteiger partial charge in [0.1, 0.15) is 5.82 Å². The molecule has 4 heterocycles. The summed E-state index contributed by atoms with van der Waals surface area (Å²) < 4.78 is 4.75. The second-order valence-electron chi connectivity index (χ2n) is 12.8. The Morgan fingerprint density at radius 1 is 0.480 bits per heavy atom. The Kier molecular flexibility index (Phi) is 6.56. The summed E-state index contributed by atoms with van der Waals surface area (Å²) in [6.45, 7) is 0. The van der Waals surface area contributed by atoms with E-state index in [9.17, 15) is 0 Å². The van der Waals surface area contributed by atoms with E-state index in [1.807, 2.05) is 42.7 Å². The molecule has 0 saturated carbocycles. The zero-order valence-electron chi connectivity index (χ0n) is 27.2. The van der Waals surface area contributed by atoms with Crippen LogP contribution < -0.4 is 0 Å². The van der Waals surface area contributed by atoms with Gasteiger partial charge in [0.25, 0.3) is 0 Å². The Balaban J connectivity index is 1.16. The van der Waals surface area contributed by atoms with Crippen LogP contribution in [0.2, 0.25) is 0 Å². The molecule has 0 N–H and O–H groups in total. The molecule has 50 heavy (non-hydrogen) atoms.